The highest BCUT2D eigenvalue weighted by molar-refractivity contribution is 9.11. The van der Waals surface area contributed by atoms with Crippen molar-refractivity contribution in [1.29, 1.82) is 0 Å². The third-order valence-corrected chi connectivity index (χ3v) is 7.79. The van der Waals surface area contributed by atoms with Gasteiger partial charge in [-0.25, -0.2) is 13.1 Å². The number of hydrogen-bond donors (Lipinski definition) is 1. The van der Waals surface area contributed by atoms with Gasteiger partial charge in [0.1, 0.15) is 4.21 Å². The Labute approximate surface area is 157 Å². The standard InChI is InChI=1S/C15H16BrN3O2S3/c1-10-7-11(2)19(18-10)13(12-5-6-22-9-12)8-17-24(20,21)15-4-3-14(16)23-15/h3-7,9,13,17H,8H2,1-2H3/t13-/m0/s1. The molecule has 9 heteroatoms. The molecule has 0 aliphatic rings. The van der Waals surface area contributed by atoms with E-state index in [0.29, 0.717) is 4.21 Å². The third kappa shape index (κ3) is 3.80. The van der Waals surface area contributed by atoms with E-state index < -0.39 is 10.0 Å². The number of hydrogen-bond acceptors (Lipinski definition) is 5. The molecule has 0 bridgehead atoms. The van der Waals surface area contributed by atoms with Crippen molar-refractivity contribution in [2.45, 2.75) is 24.1 Å². The van der Waals surface area contributed by atoms with Gasteiger partial charge < -0.3 is 0 Å². The van der Waals surface area contributed by atoms with Crippen LogP contribution >= 0.6 is 38.6 Å². The lowest BCUT2D eigenvalue weighted by Gasteiger charge is -2.19. The molecule has 1 atom stereocenters. The lowest BCUT2D eigenvalue weighted by molar-refractivity contribution is 0.495. The second kappa shape index (κ2) is 7.09. The maximum atomic E-state index is 12.5. The van der Waals surface area contributed by atoms with E-state index in [9.17, 15) is 8.42 Å². The van der Waals surface area contributed by atoms with Gasteiger partial charge in [-0.3, -0.25) is 4.68 Å². The van der Waals surface area contributed by atoms with E-state index in [1.54, 1.807) is 23.5 Å². The maximum Gasteiger partial charge on any atom is 0.250 e. The zero-order valence-corrected chi connectivity index (χ0v) is 17.1. The van der Waals surface area contributed by atoms with Crippen LogP contribution in [0.2, 0.25) is 0 Å². The minimum absolute atomic E-state index is 0.178. The van der Waals surface area contributed by atoms with E-state index in [1.807, 2.05) is 41.4 Å². The van der Waals surface area contributed by atoms with Crippen LogP contribution in [0.25, 0.3) is 0 Å². The van der Waals surface area contributed by atoms with Crippen molar-refractivity contribution in [1.82, 2.24) is 14.5 Å². The predicted molar refractivity (Wildman–Crippen MR) is 101 cm³/mol. The van der Waals surface area contributed by atoms with Gasteiger partial charge in [-0.15, -0.1) is 11.3 Å². The van der Waals surface area contributed by atoms with Crippen molar-refractivity contribution in [2.75, 3.05) is 6.54 Å². The predicted octanol–water partition coefficient (Wildman–Crippen LogP) is 3.95. The van der Waals surface area contributed by atoms with Crippen molar-refractivity contribution in [3.63, 3.8) is 0 Å². The van der Waals surface area contributed by atoms with Crippen molar-refractivity contribution in [3.8, 4) is 0 Å². The van der Waals surface area contributed by atoms with Crippen LogP contribution in [0.15, 0.2) is 43.0 Å². The topological polar surface area (TPSA) is 64.0 Å². The molecule has 0 amide bonds. The number of nitrogens with zero attached hydrogens (tertiary/aromatic N) is 2. The summed E-state index contributed by atoms with van der Waals surface area (Å²) in [5.41, 5.74) is 2.96. The summed E-state index contributed by atoms with van der Waals surface area (Å²) in [6.07, 6.45) is 0. The van der Waals surface area contributed by atoms with Crippen LogP contribution in [-0.4, -0.2) is 24.7 Å². The van der Waals surface area contributed by atoms with E-state index in [2.05, 4.69) is 25.8 Å². The molecule has 0 saturated carbocycles. The summed E-state index contributed by atoms with van der Waals surface area (Å²) < 4.78 is 30.7. The van der Waals surface area contributed by atoms with E-state index >= 15 is 0 Å². The number of nitrogens with one attached hydrogen (secondary N) is 1. The van der Waals surface area contributed by atoms with Gasteiger partial charge in [0.25, 0.3) is 0 Å². The first kappa shape index (κ1) is 17.8. The highest BCUT2D eigenvalue weighted by Gasteiger charge is 2.22. The van der Waals surface area contributed by atoms with Crippen LogP contribution in [0.3, 0.4) is 0 Å². The van der Waals surface area contributed by atoms with Crippen molar-refractivity contribution >= 4 is 48.6 Å². The molecule has 3 aromatic rings. The molecular weight excluding hydrogens is 430 g/mol. The van der Waals surface area contributed by atoms with Crippen LogP contribution in [0.5, 0.6) is 0 Å². The molecule has 24 heavy (non-hydrogen) atoms. The van der Waals surface area contributed by atoms with E-state index in [0.717, 1.165) is 20.7 Å². The van der Waals surface area contributed by atoms with Gasteiger partial charge in [0.2, 0.25) is 10.0 Å². The molecule has 0 radical (unpaired) electrons. The molecule has 128 valence electrons. The molecule has 3 aromatic heterocycles. The Bertz CT molecular complexity index is 929. The Morgan fingerprint density at radius 1 is 1.33 bits per heavy atom. The molecule has 0 saturated heterocycles. The summed E-state index contributed by atoms with van der Waals surface area (Å²) in [5, 5.41) is 8.54. The van der Waals surface area contributed by atoms with E-state index in [4.69, 9.17) is 0 Å². The minimum atomic E-state index is -3.54. The van der Waals surface area contributed by atoms with Gasteiger partial charge in [0.05, 0.1) is 15.5 Å². The molecule has 3 heterocycles. The zero-order chi connectivity index (χ0) is 17.3. The normalized spacial score (nSPS) is 13.3. The molecule has 0 spiro atoms. The molecule has 0 aromatic carbocycles. The Morgan fingerprint density at radius 2 is 2.12 bits per heavy atom. The second-order valence-corrected chi connectivity index (χ2v) is 10.6. The van der Waals surface area contributed by atoms with Gasteiger partial charge >= 0.3 is 0 Å². The minimum Gasteiger partial charge on any atom is -0.261 e. The summed E-state index contributed by atoms with van der Waals surface area (Å²) in [5.74, 6) is 0. The van der Waals surface area contributed by atoms with Crippen LogP contribution < -0.4 is 4.72 Å². The zero-order valence-electron chi connectivity index (χ0n) is 13.1. The SMILES string of the molecule is Cc1cc(C)n([C@@H](CNS(=O)(=O)c2ccc(Br)s2)c2ccsc2)n1. The molecular formula is C15H16BrN3O2S3. The van der Waals surface area contributed by atoms with Gasteiger partial charge in [0.15, 0.2) is 0 Å². The fourth-order valence-corrected chi connectivity index (χ4v) is 6.27. The summed E-state index contributed by atoms with van der Waals surface area (Å²) in [6, 6.07) is 7.14. The number of rotatable bonds is 6. The smallest absolute Gasteiger partial charge is 0.250 e. The molecule has 0 unspecified atom stereocenters. The fourth-order valence-electron chi connectivity index (χ4n) is 2.47. The molecule has 0 aliphatic carbocycles. The number of halogens is 1. The Morgan fingerprint density at radius 3 is 2.67 bits per heavy atom. The monoisotopic (exact) mass is 445 g/mol. The third-order valence-electron chi connectivity index (χ3n) is 3.55. The number of aromatic nitrogens is 2. The van der Waals surface area contributed by atoms with Gasteiger partial charge in [-0.05, 0) is 70.4 Å². The van der Waals surface area contributed by atoms with E-state index in [-0.39, 0.29) is 12.6 Å². The maximum absolute atomic E-state index is 12.5. The number of aryl methyl sites for hydroxylation is 2. The molecule has 5 nitrogen and oxygen atoms in total. The van der Waals surface area contributed by atoms with Gasteiger partial charge in [-0.2, -0.15) is 16.4 Å². The molecule has 1 N–H and O–H groups in total. The highest BCUT2D eigenvalue weighted by Crippen LogP contribution is 2.27. The highest BCUT2D eigenvalue weighted by atomic mass is 79.9. The second-order valence-electron chi connectivity index (χ2n) is 5.35. The first-order valence-corrected chi connectivity index (χ1v) is 11.2. The Hall–Kier alpha value is -1.00. The lowest BCUT2D eigenvalue weighted by Crippen LogP contribution is -2.31. The number of sulfonamides is 1. The first-order valence-electron chi connectivity index (χ1n) is 7.16. The molecule has 0 aliphatic heterocycles. The average molecular weight is 446 g/mol. The van der Waals surface area contributed by atoms with Crippen molar-refractivity contribution in [3.05, 3.63) is 55.8 Å². The number of thiophene rings is 2. The van der Waals surface area contributed by atoms with Gasteiger partial charge in [0, 0.05) is 12.2 Å². The summed E-state index contributed by atoms with van der Waals surface area (Å²) in [6.45, 7) is 4.16. The summed E-state index contributed by atoms with van der Waals surface area (Å²) in [7, 11) is -3.54. The summed E-state index contributed by atoms with van der Waals surface area (Å²) in [4.78, 5) is 0. The quantitative estimate of drug-likeness (QED) is 0.624. The van der Waals surface area contributed by atoms with Crippen LogP contribution in [0.1, 0.15) is 23.0 Å². The van der Waals surface area contributed by atoms with Crippen LogP contribution in [0, 0.1) is 13.8 Å². The van der Waals surface area contributed by atoms with Crippen molar-refractivity contribution in [2.24, 2.45) is 0 Å². The first-order chi connectivity index (χ1) is 11.4. The molecule has 3 rings (SSSR count). The lowest BCUT2D eigenvalue weighted by atomic mass is 10.1. The average Bonchev–Trinajstić information content (AvgIpc) is 3.22. The van der Waals surface area contributed by atoms with E-state index in [1.165, 1.54) is 11.3 Å². The van der Waals surface area contributed by atoms with Crippen LogP contribution in [0.4, 0.5) is 0 Å². The summed E-state index contributed by atoms with van der Waals surface area (Å²) >= 11 is 6.08. The fraction of sp³-hybridized carbons (Fsp3) is 0.267. The van der Waals surface area contributed by atoms with Crippen LogP contribution in [-0.2, 0) is 10.0 Å². The Balaban J connectivity index is 1.87. The Kier molecular flexibility index (Phi) is 5.26. The largest absolute Gasteiger partial charge is 0.261 e. The van der Waals surface area contributed by atoms with Crippen molar-refractivity contribution < 1.29 is 8.42 Å². The molecule has 0 fully saturated rings. The van der Waals surface area contributed by atoms with Gasteiger partial charge in [-0.1, -0.05) is 0 Å².